The highest BCUT2D eigenvalue weighted by Crippen LogP contribution is 2.38. The van der Waals surface area contributed by atoms with Crippen LogP contribution >= 0.6 is 0 Å². The Bertz CT molecular complexity index is 1070. The smallest absolute Gasteiger partial charge is 0.361 e. The predicted molar refractivity (Wildman–Crippen MR) is 115 cm³/mol. The van der Waals surface area contributed by atoms with E-state index >= 15 is 0 Å². The van der Waals surface area contributed by atoms with Crippen LogP contribution in [-0.2, 0) is 12.6 Å². The zero-order valence-electron chi connectivity index (χ0n) is 17.1. The molecule has 1 heterocycles. The minimum atomic E-state index is -4.43. The number of benzene rings is 3. The van der Waals surface area contributed by atoms with Crippen LogP contribution in [0.5, 0.6) is 0 Å². The van der Waals surface area contributed by atoms with Gasteiger partial charge in [-0.3, -0.25) is 4.79 Å². The lowest BCUT2D eigenvalue weighted by atomic mass is 10.0. The van der Waals surface area contributed by atoms with Crippen molar-refractivity contribution in [3.05, 3.63) is 101 Å². The normalized spacial score (nSPS) is 16.8. The molecule has 1 aliphatic rings. The van der Waals surface area contributed by atoms with E-state index in [1.165, 1.54) is 11.6 Å². The van der Waals surface area contributed by atoms with Gasteiger partial charge in [-0.2, -0.15) is 13.2 Å². The van der Waals surface area contributed by atoms with Crippen LogP contribution in [0.25, 0.3) is 0 Å². The summed E-state index contributed by atoms with van der Waals surface area (Å²) < 4.78 is 39.5. The fourth-order valence-corrected chi connectivity index (χ4v) is 4.04. The molecule has 31 heavy (non-hydrogen) atoms. The summed E-state index contributed by atoms with van der Waals surface area (Å²) in [5.41, 5.74) is 2.14. The molecule has 0 bridgehead atoms. The molecule has 0 saturated carbocycles. The van der Waals surface area contributed by atoms with Crippen LogP contribution in [0.1, 0.15) is 46.6 Å². The van der Waals surface area contributed by atoms with E-state index in [0.717, 1.165) is 30.5 Å². The van der Waals surface area contributed by atoms with Gasteiger partial charge in [0.25, 0.3) is 5.91 Å². The topological polar surface area (TPSA) is 32.3 Å². The number of rotatable bonds is 6. The van der Waals surface area contributed by atoms with E-state index in [1.807, 2.05) is 49.4 Å². The minimum absolute atomic E-state index is 0.108. The molecular weight excluding hydrogens is 401 g/mol. The van der Waals surface area contributed by atoms with Crippen molar-refractivity contribution in [2.45, 2.75) is 38.1 Å². The van der Waals surface area contributed by atoms with Gasteiger partial charge in [0.05, 0.1) is 5.56 Å². The molecule has 4 rings (SSSR count). The molecule has 0 aromatic heterocycles. The number of aryl methyl sites for hydroxylation is 1. The molecule has 3 aromatic carbocycles. The molecule has 1 N–H and O–H groups in total. The number of alkyl halides is 3. The van der Waals surface area contributed by atoms with Crippen LogP contribution in [0.2, 0.25) is 0 Å². The first kappa shape index (κ1) is 21.0. The quantitative estimate of drug-likeness (QED) is 0.504. The van der Waals surface area contributed by atoms with Crippen LogP contribution in [0, 0.1) is 0 Å². The Kier molecular flexibility index (Phi) is 5.72. The summed E-state index contributed by atoms with van der Waals surface area (Å²) in [7, 11) is 0. The van der Waals surface area contributed by atoms with Crippen molar-refractivity contribution in [1.82, 2.24) is 4.90 Å². The number of carbonyl (C=O) groups is 1. The molecule has 160 valence electrons. The van der Waals surface area contributed by atoms with E-state index in [0.29, 0.717) is 11.3 Å². The Morgan fingerprint density at radius 1 is 0.968 bits per heavy atom. The summed E-state index contributed by atoms with van der Waals surface area (Å²) in [4.78, 5) is 14.9. The average molecular weight is 424 g/mol. The van der Waals surface area contributed by atoms with Crippen molar-refractivity contribution < 1.29 is 18.0 Å². The number of carbonyl (C=O) groups excluding carboxylic acids is 1. The molecule has 0 fully saturated rings. The summed E-state index contributed by atoms with van der Waals surface area (Å²) in [6.07, 6.45) is -3.41. The van der Waals surface area contributed by atoms with Gasteiger partial charge in [0.1, 0.15) is 6.17 Å². The van der Waals surface area contributed by atoms with Crippen LogP contribution < -0.4 is 5.32 Å². The molecule has 0 spiro atoms. The van der Waals surface area contributed by atoms with Gasteiger partial charge in [0.15, 0.2) is 0 Å². The first-order chi connectivity index (χ1) is 14.8. The summed E-state index contributed by atoms with van der Waals surface area (Å²) in [5, 5.41) is 3.17. The molecule has 0 saturated heterocycles. The van der Waals surface area contributed by atoms with Gasteiger partial charge >= 0.3 is 6.18 Å². The lowest BCUT2D eigenvalue weighted by Crippen LogP contribution is -2.39. The average Bonchev–Trinajstić information content (AvgIpc) is 3.04. The molecule has 6 heteroatoms. The highest BCUT2D eigenvalue weighted by molar-refractivity contribution is 5.99. The Labute approximate surface area is 179 Å². The zero-order chi connectivity index (χ0) is 22.0. The monoisotopic (exact) mass is 424 g/mol. The van der Waals surface area contributed by atoms with Crippen LogP contribution in [0.3, 0.4) is 0 Å². The van der Waals surface area contributed by atoms with Gasteiger partial charge in [-0.25, -0.2) is 0 Å². The molecule has 2 atom stereocenters. The molecule has 0 unspecified atom stereocenters. The molecular formula is C25H23F3N2O. The third-order valence-electron chi connectivity index (χ3n) is 5.66. The Hall–Kier alpha value is -3.28. The molecule has 0 radical (unpaired) electrons. The van der Waals surface area contributed by atoms with Gasteiger partial charge in [-0.15, -0.1) is 0 Å². The Morgan fingerprint density at radius 2 is 1.68 bits per heavy atom. The van der Waals surface area contributed by atoms with Crippen LogP contribution in [0.4, 0.5) is 18.9 Å². The fraction of sp³-hybridized carbons (Fsp3) is 0.240. The number of hydrogen-bond donors (Lipinski definition) is 1. The first-order valence-corrected chi connectivity index (χ1v) is 10.2. The SMILES string of the molecule is C[C@@H](CCc1ccccc1)N1C(=O)c2ccccc2[C@H]1Nc1cccc(C(F)(F)F)c1. The number of fused-ring (bicyclic) bond motifs is 1. The summed E-state index contributed by atoms with van der Waals surface area (Å²) in [6.45, 7) is 1.98. The van der Waals surface area contributed by atoms with E-state index in [4.69, 9.17) is 0 Å². The molecule has 1 aliphatic heterocycles. The molecule has 3 nitrogen and oxygen atoms in total. The second-order valence-electron chi connectivity index (χ2n) is 7.80. The van der Waals surface area contributed by atoms with Crippen molar-refractivity contribution in [3.63, 3.8) is 0 Å². The van der Waals surface area contributed by atoms with E-state index in [9.17, 15) is 18.0 Å². The summed E-state index contributed by atoms with van der Waals surface area (Å²) in [5.74, 6) is -0.111. The number of halogens is 3. The van der Waals surface area contributed by atoms with E-state index in [1.54, 1.807) is 23.1 Å². The molecule has 3 aromatic rings. The Morgan fingerprint density at radius 3 is 2.42 bits per heavy atom. The highest BCUT2D eigenvalue weighted by atomic mass is 19.4. The van der Waals surface area contributed by atoms with Crippen molar-refractivity contribution >= 4 is 11.6 Å². The maximum atomic E-state index is 13.2. The lowest BCUT2D eigenvalue weighted by Gasteiger charge is -2.32. The Balaban J connectivity index is 1.60. The number of anilines is 1. The number of hydrogen-bond acceptors (Lipinski definition) is 2. The lowest BCUT2D eigenvalue weighted by molar-refractivity contribution is -0.137. The van der Waals surface area contributed by atoms with Crippen molar-refractivity contribution in [1.29, 1.82) is 0 Å². The van der Waals surface area contributed by atoms with Crippen molar-refractivity contribution in [2.24, 2.45) is 0 Å². The standard InChI is InChI=1S/C25H23F3N2O/c1-17(14-15-18-8-3-2-4-9-18)30-23(21-12-5-6-13-22(21)24(30)31)29-20-11-7-10-19(16-20)25(26,27)28/h2-13,16-17,23,29H,14-15H2,1H3/t17-,23-/m0/s1. The van der Waals surface area contributed by atoms with Gasteiger partial charge in [-0.05, 0) is 49.6 Å². The van der Waals surface area contributed by atoms with Gasteiger partial charge in [0.2, 0.25) is 0 Å². The predicted octanol–water partition coefficient (Wildman–Crippen LogP) is 6.29. The zero-order valence-corrected chi connectivity index (χ0v) is 17.1. The second-order valence-corrected chi connectivity index (χ2v) is 7.80. The van der Waals surface area contributed by atoms with E-state index in [-0.39, 0.29) is 11.9 Å². The van der Waals surface area contributed by atoms with E-state index < -0.39 is 17.9 Å². The minimum Gasteiger partial charge on any atom is -0.361 e. The fourth-order valence-electron chi connectivity index (χ4n) is 4.04. The maximum absolute atomic E-state index is 13.2. The summed E-state index contributed by atoms with van der Waals surface area (Å²) in [6, 6.07) is 22.3. The van der Waals surface area contributed by atoms with E-state index in [2.05, 4.69) is 5.32 Å². The van der Waals surface area contributed by atoms with Crippen LogP contribution in [-0.4, -0.2) is 16.8 Å². The maximum Gasteiger partial charge on any atom is 0.416 e. The third-order valence-corrected chi connectivity index (χ3v) is 5.66. The van der Waals surface area contributed by atoms with Crippen LogP contribution in [0.15, 0.2) is 78.9 Å². The molecule has 0 aliphatic carbocycles. The van der Waals surface area contributed by atoms with Gasteiger partial charge < -0.3 is 10.2 Å². The van der Waals surface area contributed by atoms with Crippen molar-refractivity contribution in [3.8, 4) is 0 Å². The summed E-state index contributed by atoms with van der Waals surface area (Å²) >= 11 is 0. The number of amides is 1. The third kappa shape index (κ3) is 4.43. The second kappa shape index (κ2) is 8.46. The largest absolute Gasteiger partial charge is 0.416 e. The van der Waals surface area contributed by atoms with Crippen molar-refractivity contribution in [2.75, 3.05) is 5.32 Å². The number of nitrogens with one attached hydrogen (secondary N) is 1. The first-order valence-electron chi connectivity index (χ1n) is 10.2. The van der Waals surface area contributed by atoms with Gasteiger partial charge in [-0.1, -0.05) is 54.6 Å². The molecule has 1 amide bonds. The number of nitrogens with zero attached hydrogens (tertiary/aromatic N) is 1. The van der Waals surface area contributed by atoms with Gasteiger partial charge in [0, 0.05) is 22.9 Å². The highest BCUT2D eigenvalue weighted by Gasteiger charge is 2.39.